The molecule has 1 atom stereocenters. The number of nitrogens with zero attached hydrogens (tertiary/aromatic N) is 3. The van der Waals surface area contributed by atoms with Crippen molar-refractivity contribution >= 4 is 28.5 Å². The zero-order valence-electron chi connectivity index (χ0n) is 17.3. The van der Waals surface area contributed by atoms with E-state index >= 15 is 0 Å². The zero-order valence-corrected chi connectivity index (χ0v) is 18.1. The Hall–Kier alpha value is -2.97. The Bertz CT molecular complexity index is 1050. The van der Waals surface area contributed by atoms with Gasteiger partial charge in [0.05, 0.1) is 28.8 Å². The lowest BCUT2D eigenvalue weighted by Gasteiger charge is -2.28. The number of hydrogen-bond donors (Lipinski definition) is 1. The number of amides is 1. The molecular weight excluding hydrogens is 400 g/mol. The minimum absolute atomic E-state index is 0.278. The van der Waals surface area contributed by atoms with Crippen LogP contribution in [0.15, 0.2) is 54.9 Å². The van der Waals surface area contributed by atoms with Gasteiger partial charge in [0, 0.05) is 30.4 Å². The highest BCUT2D eigenvalue weighted by molar-refractivity contribution is 7.81. The highest BCUT2D eigenvalue weighted by Crippen LogP contribution is 2.30. The van der Waals surface area contributed by atoms with Crippen LogP contribution in [-0.2, 0) is 24.4 Å². The molecule has 0 fully saturated rings. The van der Waals surface area contributed by atoms with Gasteiger partial charge in [0.25, 0.3) is 5.91 Å². The van der Waals surface area contributed by atoms with Gasteiger partial charge in [-0.05, 0) is 50.1 Å². The monoisotopic (exact) mass is 425 g/mol. The number of carbonyl (C=O) groups is 1. The number of hydrogen-bond acceptors (Lipinski definition) is 4. The Balaban J connectivity index is 1.81. The van der Waals surface area contributed by atoms with Crippen LogP contribution in [0.3, 0.4) is 0 Å². The SMILES string of the molecule is CCCn1cc(CNC(=O)c2ccc(C)c(N(c3ccc(C)cc3)S(=O)[O-])c2)cn1. The molecule has 8 heteroatoms. The Morgan fingerprint density at radius 2 is 1.93 bits per heavy atom. The first-order valence-electron chi connectivity index (χ1n) is 9.75. The second kappa shape index (κ2) is 9.69. The van der Waals surface area contributed by atoms with Crippen LogP contribution >= 0.6 is 0 Å². The smallest absolute Gasteiger partial charge is 0.251 e. The molecule has 0 radical (unpaired) electrons. The third kappa shape index (κ3) is 5.14. The Kier molecular flexibility index (Phi) is 7.02. The van der Waals surface area contributed by atoms with Gasteiger partial charge >= 0.3 is 0 Å². The number of aromatic nitrogens is 2. The maximum Gasteiger partial charge on any atom is 0.251 e. The van der Waals surface area contributed by atoms with Crippen LogP contribution < -0.4 is 9.62 Å². The van der Waals surface area contributed by atoms with E-state index in [4.69, 9.17) is 0 Å². The second-order valence-electron chi connectivity index (χ2n) is 7.14. The van der Waals surface area contributed by atoms with Gasteiger partial charge in [0.1, 0.15) is 0 Å². The molecule has 0 aliphatic carbocycles. The Morgan fingerprint density at radius 1 is 1.20 bits per heavy atom. The summed E-state index contributed by atoms with van der Waals surface area (Å²) in [4.78, 5) is 12.7. The van der Waals surface area contributed by atoms with Gasteiger partial charge in [0.2, 0.25) is 0 Å². The fourth-order valence-corrected chi connectivity index (χ4v) is 3.74. The molecule has 7 nitrogen and oxygen atoms in total. The van der Waals surface area contributed by atoms with Crippen molar-refractivity contribution in [3.63, 3.8) is 0 Å². The second-order valence-corrected chi connectivity index (χ2v) is 7.94. The summed E-state index contributed by atoms with van der Waals surface area (Å²) in [6, 6.07) is 12.2. The molecule has 1 aromatic heterocycles. The quantitative estimate of drug-likeness (QED) is 0.556. The largest absolute Gasteiger partial charge is 0.755 e. The first-order valence-corrected chi connectivity index (χ1v) is 10.8. The summed E-state index contributed by atoms with van der Waals surface area (Å²) < 4.78 is 27.0. The molecule has 0 saturated carbocycles. The van der Waals surface area contributed by atoms with E-state index < -0.39 is 11.3 Å². The van der Waals surface area contributed by atoms with Gasteiger partial charge in [-0.3, -0.25) is 18.0 Å². The fraction of sp³-hybridized carbons (Fsp3) is 0.273. The molecule has 0 aliphatic rings. The summed E-state index contributed by atoms with van der Waals surface area (Å²) in [5, 5.41) is 7.12. The summed E-state index contributed by atoms with van der Waals surface area (Å²) in [5.41, 5.74) is 4.03. The molecule has 3 rings (SSSR count). The summed E-state index contributed by atoms with van der Waals surface area (Å²) in [7, 11) is 0. The van der Waals surface area contributed by atoms with Gasteiger partial charge in [-0.25, -0.2) is 0 Å². The number of anilines is 2. The van der Waals surface area contributed by atoms with Crippen molar-refractivity contribution in [1.29, 1.82) is 0 Å². The van der Waals surface area contributed by atoms with Crippen LogP contribution in [0, 0.1) is 13.8 Å². The zero-order chi connectivity index (χ0) is 21.7. The first-order chi connectivity index (χ1) is 14.4. The molecule has 0 aliphatic heterocycles. The van der Waals surface area contributed by atoms with Crippen molar-refractivity contribution < 1.29 is 13.6 Å². The van der Waals surface area contributed by atoms with E-state index in [-0.39, 0.29) is 5.91 Å². The molecule has 158 valence electrons. The molecule has 1 N–H and O–H groups in total. The third-order valence-corrected chi connectivity index (χ3v) is 5.41. The van der Waals surface area contributed by atoms with Crippen molar-refractivity contribution in [2.75, 3.05) is 4.31 Å². The van der Waals surface area contributed by atoms with Gasteiger partial charge in [-0.1, -0.05) is 30.7 Å². The number of nitrogens with one attached hydrogen (secondary N) is 1. The lowest BCUT2D eigenvalue weighted by Crippen LogP contribution is -2.24. The highest BCUT2D eigenvalue weighted by Gasteiger charge is 2.16. The molecule has 1 amide bonds. The van der Waals surface area contributed by atoms with Crippen LogP contribution in [0.5, 0.6) is 0 Å². The van der Waals surface area contributed by atoms with Crippen LogP contribution in [-0.4, -0.2) is 24.4 Å². The fourth-order valence-electron chi connectivity index (χ4n) is 3.09. The number of rotatable bonds is 8. The van der Waals surface area contributed by atoms with Gasteiger partial charge in [0.15, 0.2) is 0 Å². The predicted octanol–water partition coefficient (Wildman–Crippen LogP) is 3.77. The van der Waals surface area contributed by atoms with Gasteiger partial charge < -0.3 is 9.87 Å². The van der Waals surface area contributed by atoms with E-state index in [9.17, 15) is 13.6 Å². The molecule has 30 heavy (non-hydrogen) atoms. The van der Waals surface area contributed by atoms with Crippen molar-refractivity contribution in [3.05, 3.63) is 77.1 Å². The lowest BCUT2D eigenvalue weighted by molar-refractivity contribution is 0.0951. The van der Waals surface area contributed by atoms with E-state index in [0.29, 0.717) is 23.5 Å². The predicted molar refractivity (Wildman–Crippen MR) is 117 cm³/mol. The van der Waals surface area contributed by atoms with Crippen molar-refractivity contribution in [2.45, 2.75) is 40.3 Å². The molecule has 2 aromatic carbocycles. The average Bonchev–Trinajstić information content (AvgIpc) is 3.17. The maximum absolute atomic E-state index is 12.7. The van der Waals surface area contributed by atoms with Crippen LogP contribution in [0.1, 0.15) is 40.4 Å². The third-order valence-electron chi connectivity index (χ3n) is 4.70. The average molecular weight is 426 g/mol. The number of benzene rings is 2. The van der Waals surface area contributed by atoms with Crippen LogP contribution in [0.4, 0.5) is 11.4 Å². The Labute approximate surface area is 179 Å². The normalized spacial score (nSPS) is 11.9. The molecule has 1 heterocycles. The first kappa shape index (κ1) is 21.7. The maximum atomic E-state index is 12.7. The molecule has 3 aromatic rings. The summed E-state index contributed by atoms with van der Waals surface area (Å²) in [5.74, 6) is -0.278. The molecule has 1 unspecified atom stereocenters. The van der Waals surface area contributed by atoms with E-state index in [2.05, 4.69) is 17.3 Å². The minimum atomic E-state index is -2.54. The molecule has 0 spiro atoms. The lowest BCUT2D eigenvalue weighted by atomic mass is 10.1. The molecule has 0 saturated heterocycles. The molecular formula is C22H25N4O3S-. The number of carbonyl (C=O) groups excluding carboxylic acids is 1. The van der Waals surface area contributed by atoms with E-state index in [1.807, 2.05) is 36.9 Å². The number of aryl methyl sites for hydroxylation is 3. The van der Waals surface area contributed by atoms with Crippen molar-refractivity contribution in [2.24, 2.45) is 0 Å². The molecule has 0 bridgehead atoms. The highest BCUT2D eigenvalue weighted by atomic mass is 32.2. The van der Waals surface area contributed by atoms with Crippen LogP contribution in [0.2, 0.25) is 0 Å². The van der Waals surface area contributed by atoms with Gasteiger partial charge in [-0.15, -0.1) is 0 Å². The Morgan fingerprint density at radius 3 is 2.60 bits per heavy atom. The van der Waals surface area contributed by atoms with E-state index in [1.54, 1.807) is 36.5 Å². The van der Waals surface area contributed by atoms with E-state index in [0.717, 1.165) is 29.7 Å². The summed E-state index contributed by atoms with van der Waals surface area (Å²) >= 11 is -2.54. The summed E-state index contributed by atoms with van der Waals surface area (Å²) in [6.45, 7) is 7.00. The van der Waals surface area contributed by atoms with Gasteiger partial charge in [-0.2, -0.15) is 5.10 Å². The van der Waals surface area contributed by atoms with Crippen LogP contribution in [0.25, 0.3) is 0 Å². The summed E-state index contributed by atoms with van der Waals surface area (Å²) in [6.07, 6.45) is 4.62. The standard InChI is InChI=1S/C22H26N4O3S/c1-4-11-25-15-18(14-24-25)13-23-22(27)19-8-7-17(3)21(12-19)26(30(28)29)20-9-5-16(2)6-10-20/h5-10,12,14-15H,4,11,13H2,1-3H3,(H,23,27)(H,28,29)/p-1. The van der Waals surface area contributed by atoms with Crippen molar-refractivity contribution in [3.8, 4) is 0 Å². The van der Waals surface area contributed by atoms with E-state index in [1.165, 1.54) is 4.31 Å². The topological polar surface area (TPSA) is 90.3 Å². The minimum Gasteiger partial charge on any atom is -0.755 e. The van der Waals surface area contributed by atoms with Crippen molar-refractivity contribution in [1.82, 2.24) is 15.1 Å².